The highest BCUT2D eigenvalue weighted by Gasteiger charge is 2.30. The molecule has 2 heterocycles. The van der Waals surface area contributed by atoms with Crippen LogP contribution in [0.4, 0.5) is 18.9 Å². The molecule has 0 saturated carbocycles. The van der Waals surface area contributed by atoms with Gasteiger partial charge in [0.05, 0.1) is 17.1 Å². The molecule has 3 aromatic rings. The second-order valence-electron chi connectivity index (χ2n) is 5.36. The fourth-order valence-corrected chi connectivity index (χ4v) is 3.26. The van der Waals surface area contributed by atoms with Crippen molar-refractivity contribution < 1.29 is 18.0 Å². The molecule has 0 fully saturated rings. The number of H-pyrrole nitrogens is 1. The Kier molecular flexibility index (Phi) is 5.12. The van der Waals surface area contributed by atoms with Gasteiger partial charge in [0, 0.05) is 5.69 Å². The summed E-state index contributed by atoms with van der Waals surface area (Å²) >= 11 is 1.20. The van der Waals surface area contributed by atoms with E-state index in [1.54, 1.807) is 0 Å². The molecule has 26 heavy (non-hydrogen) atoms. The Bertz CT molecular complexity index is 927. The minimum Gasteiger partial charge on any atom is -0.341 e. The summed E-state index contributed by atoms with van der Waals surface area (Å²) in [6.45, 7) is 1.81. The molecule has 2 aromatic heterocycles. The van der Waals surface area contributed by atoms with Gasteiger partial charge in [-0.25, -0.2) is 15.0 Å². The average molecular weight is 381 g/mol. The smallest absolute Gasteiger partial charge is 0.341 e. The van der Waals surface area contributed by atoms with Crippen LogP contribution in [0, 0.1) is 0 Å². The number of halogens is 3. The van der Waals surface area contributed by atoms with Crippen LogP contribution in [0.1, 0.15) is 18.9 Å². The van der Waals surface area contributed by atoms with Crippen molar-refractivity contribution in [2.45, 2.75) is 29.8 Å². The Morgan fingerprint density at radius 3 is 2.85 bits per heavy atom. The quantitative estimate of drug-likeness (QED) is 0.518. The number of alkyl halides is 3. The lowest BCUT2D eigenvalue weighted by molar-refractivity contribution is -0.137. The van der Waals surface area contributed by atoms with Gasteiger partial charge >= 0.3 is 6.18 Å². The van der Waals surface area contributed by atoms with Crippen LogP contribution in [-0.2, 0) is 11.0 Å². The number of imidazole rings is 1. The van der Waals surface area contributed by atoms with Gasteiger partial charge in [0.1, 0.15) is 16.9 Å². The van der Waals surface area contributed by atoms with E-state index in [-0.39, 0.29) is 5.69 Å². The third kappa shape index (κ3) is 3.96. The number of nitrogens with zero attached hydrogens (tertiary/aromatic N) is 3. The Hall–Kier alpha value is -2.62. The molecule has 10 heteroatoms. The molecule has 0 aliphatic rings. The first-order chi connectivity index (χ1) is 12.4. The average Bonchev–Trinajstić information content (AvgIpc) is 3.08. The van der Waals surface area contributed by atoms with Crippen LogP contribution in [0.25, 0.3) is 11.2 Å². The maximum absolute atomic E-state index is 12.8. The first-order valence-corrected chi connectivity index (χ1v) is 8.55. The number of anilines is 1. The van der Waals surface area contributed by atoms with Gasteiger partial charge in [-0.05, 0) is 24.6 Å². The summed E-state index contributed by atoms with van der Waals surface area (Å²) in [4.78, 5) is 27.6. The third-order valence-corrected chi connectivity index (χ3v) is 4.93. The van der Waals surface area contributed by atoms with Crippen molar-refractivity contribution in [3.63, 3.8) is 0 Å². The molecule has 0 aliphatic carbocycles. The molecule has 1 atom stereocenters. The standard InChI is InChI=1S/C16H14F3N5OS/c1-2-11(26-15-12-13(21-7-20-12)22-8-23-15)14(25)24-10-5-3-4-9(6-10)16(17,18)19/h3-8,11H,2H2,1H3,(H,24,25)(H,20,21,22,23)/t11-/m1/s1. The number of rotatable bonds is 5. The summed E-state index contributed by atoms with van der Waals surface area (Å²) in [5.74, 6) is -0.400. The number of nitrogens with one attached hydrogen (secondary N) is 2. The van der Waals surface area contributed by atoms with E-state index < -0.39 is 22.9 Å². The van der Waals surface area contributed by atoms with Crippen molar-refractivity contribution in [2.75, 3.05) is 5.32 Å². The highest BCUT2D eigenvalue weighted by atomic mass is 32.2. The monoisotopic (exact) mass is 381 g/mol. The zero-order valence-corrected chi connectivity index (χ0v) is 14.4. The largest absolute Gasteiger partial charge is 0.416 e. The SMILES string of the molecule is CC[C@@H](Sc1ncnc2nc[nH]c12)C(=O)Nc1cccc(C(F)(F)F)c1. The molecule has 3 rings (SSSR count). The summed E-state index contributed by atoms with van der Waals surface area (Å²) < 4.78 is 38.4. The van der Waals surface area contributed by atoms with E-state index in [4.69, 9.17) is 0 Å². The van der Waals surface area contributed by atoms with E-state index in [1.165, 1.54) is 36.5 Å². The first-order valence-electron chi connectivity index (χ1n) is 7.67. The zero-order chi connectivity index (χ0) is 18.7. The number of aromatic nitrogens is 4. The lowest BCUT2D eigenvalue weighted by Gasteiger charge is -2.15. The van der Waals surface area contributed by atoms with Crippen molar-refractivity contribution in [3.8, 4) is 0 Å². The van der Waals surface area contributed by atoms with Crippen LogP contribution in [0.15, 0.2) is 41.9 Å². The van der Waals surface area contributed by atoms with Gasteiger partial charge in [-0.2, -0.15) is 13.2 Å². The predicted octanol–water partition coefficient (Wildman–Crippen LogP) is 3.88. The fraction of sp³-hybridized carbons (Fsp3) is 0.250. The molecule has 2 N–H and O–H groups in total. The summed E-state index contributed by atoms with van der Waals surface area (Å²) in [7, 11) is 0. The Morgan fingerprint density at radius 2 is 2.12 bits per heavy atom. The van der Waals surface area contributed by atoms with Gasteiger partial charge in [-0.3, -0.25) is 4.79 Å². The maximum Gasteiger partial charge on any atom is 0.416 e. The molecule has 0 radical (unpaired) electrons. The molecule has 0 unspecified atom stereocenters. The topological polar surface area (TPSA) is 83.6 Å². The molecule has 0 aliphatic heterocycles. The molecular weight excluding hydrogens is 367 g/mol. The van der Waals surface area contributed by atoms with Gasteiger partial charge < -0.3 is 10.3 Å². The lowest BCUT2D eigenvalue weighted by atomic mass is 10.2. The molecule has 1 amide bonds. The Morgan fingerprint density at radius 1 is 1.31 bits per heavy atom. The number of hydrogen-bond donors (Lipinski definition) is 2. The summed E-state index contributed by atoms with van der Waals surface area (Å²) in [5, 5.41) is 2.56. The van der Waals surface area contributed by atoms with Crippen molar-refractivity contribution in [1.29, 1.82) is 0 Å². The van der Waals surface area contributed by atoms with Gasteiger partial charge in [0.25, 0.3) is 0 Å². The van der Waals surface area contributed by atoms with E-state index in [2.05, 4.69) is 25.3 Å². The van der Waals surface area contributed by atoms with E-state index in [9.17, 15) is 18.0 Å². The van der Waals surface area contributed by atoms with E-state index in [0.29, 0.717) is 22.6 Å². The Labute approximate surface area is 150 Å². The number of hydrogen-bond acceptors (Lipinski definition) is 5. The van der Waals surface area contributed by atoms with Crippen molar-refractivity contribution in [3.05, 3.63) is 42.5 Å². The van der Waals surface area contributed by atoms with Crippen LogP contribution in [0.2, 0.25) is 0 Å². The van der Waals surface area contributed by atoms with Crippen LogP contribution in [-0.4, -0.2) is 31.1 Å². The van der Waals surface area contributed by atoms with E-state index >= 15 is 0 Å². The lowest BCUT2D eigenvalue weighted by Crippen LogP contribution is -2.25. The second-order valence-corrected chi connectivity index (χ2v) is 6.55. The minimum absolute atomic E-state index is 0.0956. The van der Waals surface area contributed by atoms with Crippen LogP contribution in [0.5, 0.6) is 0 Å². The van der Waals surface area contributed by atoms with Crippen molar-refractivity contribution in [2.24, 2.45) is 0 Å². The molecule has 136 valence electrons. The van der Waals surface area contributed by atoms with Gasteiger partial charge in [0.2, 0.25) is 5.91 Å². The van der Waals surface area contributed by atoms with Gasteiger partial charge in [-0.15, -0.1) is 0 Å². The predicted molar refractivity (Wildman–Crippen MR) is 91.7 cm³/mol. The minimum atomic E-state index is -4.47. The van der Waals surface area contributed by atoms with E-state index in [1.807, 2.05) is 6.92 Å². The summed E-state index contributed by atoms with van der Waals surface area (Å²) in [6, 6.07) is 4.54. The number of amides is 1. The summed E-state index contributed by atoms with van der Waals surface area (Å²) in [5.41, 5.74) is 0.377. The third-order valence-electron chi connectivity index (χ3n) is 3.56. The molecule has 0 bridgehead atoms. The number of carbonyl (C=O) groups is 1. The molecule has 1 aromatic carbocycles. The number of thioether (sulfide) groups is 1. The Balaban J connectivity index is 1.76. The molecule has 6 nitrogen and oxygen atoms in total. The zero-order valence-electron chi connectivity index (χ0n) is 13.5. The maximum atomic E-state index is 12.8. The normalized spacial score (nSPS) is 12.9. The second kappa shape index (κ2) is 7.32. The first kappa shape index (κ1) is 18.2. The van der Waals surface area contributed by atoms with Crippen LogP contribution >= 0.6 is 11.8 Å². The fourth-order valence-electron chi connectivity index (χ4n) is 2.29. The highest BCUT2D eigenvalue weighted by Crippen LogP contribution is 2.32. The van der Waals surface area contributed by atoms with Gasteiger partial charge in [0.15, 0.2) is 5.65 Å². The van der Waals surface area contributed by atoms with Crippen molar-refractivity contribution in [1.82, 2.24) is 19.9 Å². The number of aromatic amines is 1. The highest BCUT2D eigenvalue weighted by molar-refractivity contribution is 8.00. The molecular formula is C16H14F3N5OS. The van der Waals surface area contributed by atoms with Crippen LogP contribution < -0.4 is 5.32 Å². The van der Waals surface area contributed by atoms with Crippen molar-refractivity contribution >= 4 is 34.5 Å². The molecule has 0 saturated heterocycles. The number of fused-ring (bicyclic) bond motifs is 1. The van der Waals surface area contributed by atoms with Crippen LogP contribution in [0.3, 0.4) is 0 Å². The summed E-state index contributed by atoms with van der Waals surface area (Å²) in [6.07, 6.45) is -1.17. The van der Waals surface area contributed by atoms with Gasteiger partial charge in [-0.1, -0.05) is 24.8 Å². The number of benzene rings is 1. The number of carbonyl (C=O) groups excluding carboxylic acids is 1. The molecule has 0 spiro atoms. The van der Waals surface area contributed by atoms with E-state index in [0.717, 1.165) is 12.1 Å².